The van der Waals surface area contributed by atoms with Crippen molar-refractivity contribution in [3.8, 4) is 0 Å². The first-order valence-electron chi connectivity index (χ1n) is 2.41. The Kier molecular flexibility index (Phi) is 0.316. The second-order valence-electron chi connectivity index (χ2n) is 2.20. The summed E-state index contributed by atoms with van der Waals surface area (Å²) in [5.41, 5.74) is 3.19. The summed E-state index contributed by atoms with van der Waals surface area (Å²) in [7, 11) is 0. The SMILES string of the molecule is CC1CN2NC12. The van der Waals surface area contributed by atoms with Gasteiger partial charge in [0.25, 0.3) is 0 Å². The van der Waals surface area contributed by atoms with Crippen molar-refractivity contribution in [1.82, 2.24) is 10.4 Å². The zero-order chi connectivity index (χ0) is 4.15. The normalized spacial score (nSPS) is 62.5. The van der Waals surface area contributed by atoms with E-state index in [9.17, 15) is 0 Å². The molecule has 0 bridgehead atoms. The minimum atomic E-state index is 0.782. The van der Waals surface area contributed by atoms with Crippen LogP contribution in [0.4, 0.5) is 0 Å². The second kappa shape index (κ2) is 0.634. The Bertz CT molecular complexity index is 81.6. The summed E-state index contributed by atoms with van der Waals surface area (Å²) in [6.07, 6.45) is 0.782. The van der Waals surface area contributed by atoms with Gasteiger partial charge in [0.1, 0.15) is 0 Å². The van der Waals surface area contributed by atoms with E-state index in [4.69, 9.17) is 0 Å². The quantitative estimate of drug-likeness (QED) is 0.410. The van der Waals surface area contributed by atoms with Crippen LogP contribution in [0.2, 0.25) is 0 Å². The van der Waals surface area contributed by atoms with Gasteiger partial charge in [-0.15, -0.1) is 0 Å². The molecule has 0 aromatic carbocycles. The average Bonchev–Trinajstić information content (AvgIpc) is 2.12. The highest BCUT2D eigenvalue weighted by molar-refractivity contribution is 4.95. The third-order valence-electron chi connectivity index (χ3n) is 1.59. The number of fused-ring (bicyclic) bond motifs is 1. The Morgan fingerprint density at radius 3 is 2.67 bits per heavy atom. The van der Waals surface area contributed by atoms with Gasteiger partial charge in [-0.05, 0) is 0 Å². The lowest BCUT2D eigenvalue weighted by atomic mass is 10.1. The highest BCUT2D eigenvalue weighted by Gasteiger charge is 2.48. The molecule has 0 aromatic heterocycles. The molecule has 2 saturated heterocycles. The van der Waals surface area contributed by atoms with Crippen molar-refractivity contribution in [1.29, 1.82) is 0 Å². The molecule has 2 heteroatoms. The van der Waals surface area contributed by atoms with Crippen molar-refractivity contribution in [2.24, 2.45) is 5.92 Å². The van der Waals surface area contributed by atoms with Crippen molar-refractivity contribution in [3.05, 3.63) is 0 Å². The fraction of sp³-hybridized carbons (Fsp3) is 1.00. The third kappa shape index (κ3) is 0.172. The van der Waals surface area contributed by atoms with Gasteiger partial charge in [-0.1, -0.05) is 6.92 Å². The first kappa shape index (κ1) is 2.99. The molecule has 3 atom stereocenters. The number of hydrogen-bond acceptors (Lipinski definition) is 2. The third-order valence-corrected chi connectivity index (χ3v) is 1.59. The lowest BCUT2D eigenvalue weighted by Crippen LogP contribution is -2.29. The van der Waals surface area contributed by atoms with E-state index in [1.54, 1.807) is 0 Å². The van der Waals surface area contributed by atoms with E-state index in [0.717, 1.165) is 12.1 Å². The first-order valence-corrected chi connectivity index (χ1v) is 2.41. The van der Waals surface area contributed by atoms with Crippen LogP contribution in [-0.4, -0.2) is 17.7 Å². The number of nitrogens with zero attached hydrogens (tertiary/aromatic N) is 1. The van der Waals surface area contributed by atoms with Crippen molar-refractivity contribution >= 4 is 0 Å². The van der Waals surface area contributed by atoms with E-state index >= 15 is 0 Å². The number of hydrogen-bond donors (Lipinski definition) is 1. The van der Waals surface area contributed by atoms with Crippen molar-refractivity contribution in [2.75, 3.05) is 6.54 Å². The smallest absolute Gasteiger partial charge is 0.0902 e. The summed E-state index contributed by atoms with van der Waals surface area (Å²) in [6.45, 7) is 3.53. The molecule has 1 N–H and O–H groups in total. The van der Waals surface area contributed by atoms with Gasteiger partial charge in [0.05, 0.1) is 6.17 Å². The van der Waals surface area contributed by atoms with Crippen LogP contribution in [0, 0.1) is 5.92 Å². The van der Waals surface area contributed by atoms with Crippen LogP contribution < -0.4 is 5.43 Å². The Balaban J connectivity index is 2.08. The summed E-state index contributed by atoms with van der Waals surface area (Å²) < 4.78 is 0. The lowest BCUT2D eigenvalue weighted by molar-refractivity contribution is 0.270. The minimum Gasteiger partial charge on any atom is -0.235 e. The molecule has 0 aromatic rings. The zero-order valence-electron chi connectivity index (χ0n) is 3.81. The molecular weight excluding hydrogens is 76.1 g/mol. The topological polar surface area (TPSA) is 25.0 Å². The van der Waals surface area contributed by atoms with E-state index in [1.165, 1.54) is 6.54 Å². The Labute approximate surface area is 37.1 Å². The molecule has 2 fully saturated rings. The number of nitrogens with one attached hydrogen (secondary N) is 1. The molecule has 0 aliphatic carbocycles. The Morgan fingerprint density at radius 1 is 1.83 bits per heavy atom. The van der Waals surface area contributed by atoms with Gasteiger partial charge in [0, 0.05) is 12.5 Å². The standard InChI is InChI=1S/C4H8N2/c1-3-2-6-4(3)5-6/h3-5H,2H2,1H3. The monoisotopic (exact) mass is 84.1 g/mol. The van der Waals surface area contributed by atoms with Crippen molar-refractivity contribution in [2.45, 2.75) is 13.1 Å². The second-order valence-corrected chi connectivity index (χ2v) is 2.20. The fourth-order valence-electron chi connectivity index (χ4n) is 1.01. The van der Waals surface area contributed by atoms with E-state index in [-0.39, 0.29) is 0 Å². The van der Waals surface area contributed by atoms with E-state index < -0.39 is 0 Å². The van der Waals surface area contributed by atoms with Crippen LogP contribution in [0.15, 0.2) is 0 Å². The largest absolute Gasteiger partial charge is 0.235 e. The maximum absolute atomic E-state index is 3.19. The number of hydrazine groups is 1. The van der Waals surface area contributed by atoms with Gasteiger partial charge < -0.3 is 0 Å². The molecule has 0 saturated carbocycles. The van der Waals surface area contributed by atoms with Crippen LogP contribution in [0.5, 0.6) is 0 Å². The molecule has 34 valence electrons. The minimum absolute atomic E-state index is 0.782. The predicted octanol–water partition coefficient (Wildman–Crippen LogP) is -0.218. The first-order chi connectivity index (χ1) is 2.88. The molecule has 0 radical (unpaired) electrons. The maximum Gasteiger partial charge on any atom is 0.0902 e. The van der Waals surface area contributed by atoms with Gasteiger partial charge in [-0.25, -0.2) is 10.4 Å². The Hall–Kier alpha value is -0.0800. The molecule has 2 heterocycles. The van der Waals surface area contributed by atoms with Crippen LogP contribution >= 0.6 is 0 Å². The average molecular weight is 84.1 g/mol. The molecule has 3 unspecified atom stereocenters. The van der Waals surface area contributed by atoms with E-state index in [2.05, 4.69) is 17.4 Å². The zero-order valence-corrected chi connectivity index (χ0v) is 3.81. The van der Waals surface area contributed by atoms with Crippen LogP contribution in [0.25, 0.3) is 0 Å². The predicted molar refractivity (Wildman–Crippen MR) is 22.8 cm³/mol. The van der Waals surface area contributed by atoms with Crippen LogP contribution in [0.3, 0.4) is 0 Å². The number of rotatable bonds is 0. The molecule has 2 aliphatic rings. The summed E-state index contributed by atoms with van der Waals surface area (Å²) in [4.78, 5) is 0. The summed E-state index contributed by atoms with van der Waals surface area (Å²) in [5, 5.41) is 2.24. The van der Waals surface area contributed by atoms with Crippen LogP contribution in [-0.2, 0) is 0 Å². The molecule has 6 heavy (non-hydrogen) atoms. The highest BCUT2D eigenvalue weighted by Crippen LogP contribution is 2.30. The van der Waals surface area contributed by atoms with Gasteiger partial charge in [0.2, 0.25) is 0 Å². The molecule has 0 spiro atoms. The van der Waals surface area contributed by atoms with Gasteiger partial charge in [-0.2, -0.15) is 0 Å². The summed E-state index contributed by atoms with van der Waals surface area (Å²) in [6, 6.07) is 0. The van der Waals surface area contributed by atoms with Crippen LogP contribution in [0.1, 0.15) is 6.92 Å². The molecule has 2 aliphatic heterocycles. The molecule has 0 amide bonds. The van der Waals surface area contributed by atoms with E-state index in [0.29, 0.717) is 0 Å². The van der Waals surface area contributed by atoms with Crippen molar-refractivity contribution in [3.63, 3.8) is 0 Å². The Morgan fingerprint density at radius 2 is 2.67 bits per heavy atom. The maximum atomic E-state index is 3.19. The molecule has 2 rings (SSSR count). The van der Waals surface area contributed by atoms with Gasteiger partial charge in [0.15, 0.2) is 0 Å². The van der Waals surface area contributed by atoms with Gasteiger partial charge >= 0.3 is 0 Å². The summed E-state index contributed by atoms with van der Waals surface area (Å²) >= 11 is 0. The van der Waals surface area contributed by atoms with E-state index in [1.807, 2.05) is 0 Å². The molecular formula is C4H8N2. The van der Waals surface area contributed by atoms with Crippen molar-refractivity contribution < 1.29 is 0 Å². The fourth-order valence-corrected chi connectivity index (χ4v) is 1.01. The highest BCUT2D eigenvalue weighted by atomic mass is 15.8. The summed E-state index contributed by atoms with van der Waals surface area (Å²) in [5.74, 6) is 0.921. The lowest BCUT2D eigenvalue weighted by Gasteiger charge is -2.16. The molecule has 2 nitrogen and oxygen atoms in total. The van der Waals surface area contributed by atoms with Gasteiger partial charge in [-0.3, -0.25) is 0 Å².